The Bertz CT molecular complexity index is 911. The van der Waals surface area contributed by atoms with Crippen LogP contribution in [0.1, 0.15) is 27.1 Å². The van der Waals surface area contributed by atoms with Crippen LogP contribution in [-0.4, -0.2) is 23.8 Å². The highest BCUT2D eigenvalue weighted by atomic mass is 16.5. The van der Waals surface area contributed by atoms with Crippen molar-refractivity contribution in [1.82, 2.24) is 0 Å². The zero-order chi connectivity index (χ0) is 17.1. The minimum absolute atomic E-state index is 0.0827. The van der Waals surface area contributed by atoms with Crippen LogP contribution >= 0.6 is 0 Å². The van der Waals surface area contributed by atoms with Gasteiger partial charge < -0.3 is 9.84 Å². The number of benzene rings is 3. The molecular weight excluding hydrogens is 304 g/mol. The molecule has 0 aliphatic heterocycles. The normalized spacial score (nSPS) is 10.5. The van der Waals surface area contributed by atoms with E-state index >= 15 is 0 Å². The Morgan fingerprint density at radius 2 is 1.62 bits per heavy atom. The summed E-state index contributed by atoms with van der Waals surface area (Å²) in [6.07, 6.45) is -0.293. The maximum atomic E-state index is 12.4. The first-order valence-electron chi connectivity index (χ1n) is 7.51. The summed E-state index contributed by atoms with van der Waals surface area (Å²) < 4.78 is 5.04. The van der Waals surface area contributed by atoms with Crippen LogP contribution in [0, 0.1) is 0 Å². The minimum atomic E-state index is -0.404. The fourth-order valence-electron chi connectivity index (χ4n) is 2.60. The average Bonchev–Trinajstić information content (AvgIpc) is 2.62. The summed E-state index contributed by atoms with van der Waals surface area (Å²) in [5.74, 6) is -0.139. The van der Waals surface area contributed by atoms with Crippen molar-refractivity contribution in [3.8, 4) is 11.5 Å². The quantitative estimate of drug-likeness (QED) is 0.570. The van der Waals surface area contributed by atoms with E-state index < -0.39 is 5.78 Å². The summed E-state index contributed by atoms with van der Waals surface area (Å²) in [7, 11) is 1.54. The van der Waals surface area contributed by atoms with Gasteiger partial charge in [0.05, 0.1) is 19.1 Å². The molecule has 0 spiro atoms. The van der Waals surface area contributed by atoms with Crippen molar-refractivity contribution in [2.24, 2.45) is 0 Å². The van der Waals surface area contributed by atoms with Crippen LogP contribution in [0.2, 0.25) is 0 Å². The number of carbonyl (C=O) groups is 2. The highest BCUT2D eigenvalue weighted by molar-refractivity contribution is 6.16. The van der Waals surface area contributed by atoms with Gasteiger partial charge in [-0.1, -0.05) is 30.3 Å². The van der Waals surface area contributed by atoms with Crippen LogP contribution < -0.4 is 4.74 Å². The van der Waals surface area contributed by atoms with Gasteiger partial charge in [0, 0.05) is 10.9 Å². The third-order valence-corrected chi connectivity index (χ3v) is 3.93. The standard InChI is InChI=1S/C20H16O4/c1-24-15-9-6-14(7-10-15)18(21)12-19(22)17-11-8-13-4-2-3-5-16(13)20(17)23/h2-11,23H,12H2,1H3. The zero-order valence-electron chi connectivity index (χ0n) is 13.2. The predicted octanol–water partition coefficient (Wildman–Crippen LogP) is 4.01. The van der Waals surface area contributed by atoms with Crippen LogP contribution in [0.25, 0.3) is 10.8 Å². The molecule has 3 aromatic carbocycles. The van der Waals surface area contributed by atoms with E-state index in [9.17, 15) is 14.7 Å². The number of carbonyl (C=O) groups excluding carboxylic acids is 2. The molecule has 0 atom stereocenters. The third kappa shape index (κ3) is 2.99. The fraction of sp³-hybridized carbons (Fsp3) is 0.100. The highest BCUT2D eigenvalue weighted by Gasteiger charge is 2.18. The Morgan fingerprint density at radius 3 is 2.33 bits per heavy atom. The Kier molecular flexibility index (Phi) is 4.29. The minimum Gasteiger partial charge on any atom is -0.507 e. The van der Waals surface area contributed by atoms with Crippen molar-refractivity contribution >= 4 is 22.3 Å². The first-order valence-corrected chi connectivity index (χ1v) is 7.51. The van der Waals surface area contributed by atoms with E-state index in [0.29, 0.717) is 16.7 Å². The molecule has 0 heterocycles. The molecule has 0 aliphatic rings. The van der Waals surface area contributed by atoms with E-state index in [1.54, 1.807) is 55.6 Å². The Balaban J connectivity index is 1.84. The summed E-state index contributed by atoms with van der Waals surface area (Å²) in [5.41, 5.74) is 0.597. The average molecular weight is 320 g/mol. The number of ether oxygens (including phenoxy) is 1. The summed E-state index contributed by atoms with van der Waals surface area (Å²) in [6.45, 7) is 0. The van der Waals surface area contributed by atoms with Crippen molar-refractivity contribution < 1.29 is 19.4 Å². The fourth-order valence-corrected chi connectivity index (χ4v) is 2.60. The van der Waals surface area contributed by atoms with Gasteiger partial charge in [-0.05, 0) is 35.7 Å². The van der Waals surface area contributed by atoms with E-state index in [1.165, 1.54) is 0 Å². The van der Waals surface area contributed by atoms with Crippen LogP contribution in [0.5, 0.6) is 11.5 Å². The summed E-state index contributed by atoms with van der Waals surface area (Å²) in [6, 6.07) is 17.1. The monoisotopic (exact) mass is 320 g/mol. The van der Waals surface area contributed by atoms with Crippen molar-refractivity contribution in [3.63, 3.8) is 0 Å². The molecule has 4 nitrogen and oxygen atoms in total. The van der Waals surface area contributed by atoms with Gasteiger partial charge in [-0.25, -0.2) is 0 Å². The van der Waals surface area contributed by atoms with Gasteiger partial charge in [-0.2, -0.15) is 0 Å². The van der Waals surface area contributed by atoms with Gasteiger partial charge >= 0.3 is 0 Å². The number of rotatable bonds is 5. The molecular formula is C20H16O4. The second kappa shape index (κ2) is 6.54. The number of hydrogen-bond donors (Lipinski definition) is 1. The lowest BCUT2D eigenvalue weighted by atomic mass is 9.98. The third-order valence-electron chi connectivity index (χ3n) is 3.93. The topological polar surface area (TPSA) is 63.6 Å². The summed E-state index contributed by atoms with van der Waals surface area (Å²) in [4.78, 5) is 24.7. The first-order chi connectivity index (χ1) is 11.6. The van der Waals surface area contributed by atoms with Crippen molar-refractivity contribution in [2.45, 2.75) is 6.42 Å². The molecule has 0 saturated carbocycles. The van der Waals surface area contributed by atoms with Gasteiger partial charge in [0.1, 0.15) is 11.5 Å². The van der Waals surface area contributed by atoms with Gasteiger partial charge in [-0.3, -0.25) is 9.59 Å². The largest absolute Gasteiger partial charge is 0.507 e. The van der Waals surface area contributed by atoms with E-state index in [1.807, 2.05) is 12.1 Å². The van der Waals surface area contributed by atoms with Crippen molar-refractivity contribution in [2.75, 3.05) is 7.11 Å². The molecule has 120 valence electrons. The second-order valence-electron chi connectivity index (χ2n) is 5.43. The number of hydrogen-bond acceptors (Lipinski definition) is 4. The number of ketones is 2. The highest BCUT2D eigenvalue weighted by Crippen LogP contribution is 2.29. The predicted molar refractivity (Wildman–Crippen MR) is 91.9 cm³/mol. The molecule has 3 rings (SSSR count). The summed E-state index contributed by atoms with van der Waals surface area (Å²) in [5, 5.41) is 11.8. The van der Waals surface area contributed by atoms with Gasteiger partial charge in [0.2, 0.25) is 0 Å². The van der Waals surface area contributed by atoms with Crippen molar-refractivity contribution in [1.29, 1.82) is 0 Å². The van der Waals surface area contributed by atoms with Gasteiger partial charge in [0.25, 0.3) is 0 Å². The van der Waals surface area contributed by atoms with Crippen LogP contribution in [0.15, 0.2) is 60.7 Å². The van der Waals surface area contributed by atoms with Gasteiger partial charge in [0.15, 0.2) is 11.6 Å². The van der Waals surface area contributed by atoms with Crippen LogP contribution in [0.3, 0.4) is 0 Å². The number of phenolic OH excluding ortho intramolecular Hbond substituents is 1. The number of phenols is 1. The molecule has 0 saturated heterocycles. The molecule has 24 heavy (non-hydrogen) atoms. The Hall–Kier alpha value is -3.14. The zero-order valence-corrected chi connectivity index (χ0v) is 13.2. The lowest BCUT2D eigenvalue weighted by molar-refractivity contribution is 0.0893. The molecule has 0 fully saturated rings. The molecule has 0 unspecified atom stereocenters. The number of Topliss-reactive ketones (excluding diaryl/α,β-unsaturated/α-hetero) is 2. The molecule has 0 aromatic heterocycles. The summed E-state index contributed by atoms with van der Waals surface area (Å²) >= 11 is 0. The lowest BCUT2D eigenvalue weighted by Crippen LogP contribution is -2.09. The number of aromatic hydroxyl groups is 1. The Labute approximate surface area is 139 Å². The second-order valence-corrected chi connectivity index (χ2v) is 5.43. The molecule has 0 amide bonds. The molecule has 0 aliphatic carbocycles. The lowest BCUT2D eigenvalue weighted by Gasteiger charge is -2.07. The Morgan fingerprint density at radius 1 is 0.917 bits per heavy atom. The van der Waals surface area contributed by atoms with Crippen LogP contribution in [-0.2, 0) is 0 Å². The van der Waals surface area contributed by atoms with E-state index in [0.717, 1.165) is 5.39 Å². The van der Waals surface area contributed by atoms with E-state index in [-0.39, 0.29) is 23.5 Å². The molecule has 4 heteroatoms. The maximum Gasteiger partial charge on any atom is 0.174 e. The number of fused-ring (bicyclic) bond motifs is 1. The molecule has 0 bridgehead atoms. The first kappa shape index (κ1) is 15.7. The maximum absolute atomic E-state index is 12.4. The molecule has 3 aromatic rings. The smallest absolute Gasteiger partial charge is 0.174 e. The van der Waals surface area contributed by atoms with E-state index in [4.69, 9.17) is 4.74 Å². The van der Waals surface area contributed by atoms with Gasteiger partial charge in [-0.15, -0.1) is 0 Å². The SMILES string of the molecule is COc1ccc(C(=O)CC(=O)c2ccc3ccccc3c2O)cc1. The van der Waals surface area contributed by atoms with E-state index in [2.05, 4.69) is 0 Å². The van der Waals surface area contributed by atoms with Crippen molar-refractivity contribution in [3.05, 3.63) is 71.8 Å². The number of methoxy groups -OCH3 is 1. The molecule has 1 N–H and O–H groups in total. The molecule has 0 radical (unpaired) electrons. The van der Waals surface area contributed by atoms with Crippen LogP contribution in [0.4, 0.5) is 0 Å².